The smallest absolute Gasteiger partial charge is 0.350 e. The Morgan fingerprint density at radius 1 is 1.27 bits per heavy atom. The lowest BCUT2D eigenvalue weighted by molar-refractivity contribution is -0.133. The molecule has 0 heterocycles. The summed E-state index contributed by atoms with van der Waals surface area (Å²) in [5.74, 6) is -1.52. The Kier molecular flexibility index (Phi) is 5.06. The molecule has 0 aliphatic carbocycles. The molecular formula is C9H8O4S2. The van der Waals surface area contributed by atoms with Crippen molar-refractivity contribution in [2.24, 2.45) is 0 Å². The minimum absolute atomic E-state index is 0.104. The van der Waals surface area contributed by atoms with Crippen LogP contribution in [0, 0.1) is 0 Å². The van der Waals surface area contributed by atoms with Gasteiger partial charge in [-0.2, -0.15) is 0 Å². The van der Waals surface area contributed by atoms with Gasteiger partial charge in [-0.3, -0.25) is 4.79 Å². The normalized spacial score (nSPS) is 9.60. The van der Waals surface area contributed by atoms with Gasteiger partial charge in [0.05, 0.1) is 5.56 Å². The van der Waals surface area contributed by atoms with Crippen LogP contribution in [0.2, 0.25) is 0 Å². The van der Waals surface area contributed by atoms with Crippen LogP contribution in [0.1, 0.15) is 10.4 Å². The van der Waals surface area contributed by atoms with E-state index in [1.807, 2.05) is 0 Å². The highest BCUT2D eigenvalue weighted by Crippen LogP contribution is 2.23. The molecule has 1 rings (SSSR count). The van der Waals surface area contributed by atoms with Crippen molar-refractivity contribution in [2.45, 2.75) is 0 Å². The number of carbonyl (C=O) groups is 2. The number of hydrogen-bond donors (Lipinski definition) is 1. The van der Waals surface area contributed by atoms with Crippen LogP contribution in [-0.2, 0) is 8.98 Å². The molecule has 0 bridgehead atoms. The van der Waals surface area contributed by atoms with E-state index in [0.29, 0.717) is 5.56 Å². The van der Waals surface area contributed by atoms with E-state index < -0.39 is 11.9 Å². The number of aliphatic carboxylic acids is 1. The molecule has 0 unspecified atom stereocenters. The van der Waals surface area contributed by atoms with Gasteiger partial charge in [0.2, 0.25) is 0 Å². The van der Waals surface area contributed by atoms with Crippen LogP contribution >= 0.6 is 21.9 Å². The first kappa shape index (κ1) is 11.9. The molecule has 4 nitrogen and oxygen atoms in total. The second-order valence-corrected chi connectivity index (χ2v) is 4.40. The van der Waals surface area contributed by atoms with E-state index in [2.05, 4.69) is 0 Å². The zero-order valence-electron chi connectivity index (χ0n) is 7.58. The monoisotopic (exact) mass is 244 g/mol. The van der Waals surface area contributed by atoms with Crippen LogP contribution in [0.25, 0.3) is 0 Å². The van der Waals surface area contributed by atoms with Gasteiger partial charge in [-0.05, 0) is 22.9 Å². The Morgan fingerprint density at radius 2 is 1.93 bits per heavy atom. The summed E-state index contributed by atoms with van der Waals surface area (Å²) in [5, 5.41) is 8.32. The molecule has 80 valence electrons. The highest BCUT2D eigenvalue weighted by molar-refractivity contribution is 8.75. The van der Waals surface area contributed by atoms with Crippen molar-refractivity contribution in [2.75, 3.05) is 5.75 Å². The number of carboxylic acid groups (broad SMARTS) is 1. The molecular weight excluding hydrogens is 236 g/mol. The summed E-state index contributed by atoms with van der Waals surface area (Å²) in [6, 6.07) is 8.51. The van der Waals surface area contributed by atoms with Gasteiger partial charge < -0.3 is 9.29 Å². The maximum absolute atomic E-state index is 11.3. The van der Waals surface area contributed by atoms with Gasteiger partial charge in [0.25, 0.3) is 0 Å². The molecule has 0 amide bonds. The van der Waals surface area contributed by atoms with E-state index in [0.717, 1.165) is 21.9 Å². The summed E-state index contributed by atoms with van der Waals surface area (Å²) >= 11 is 0.771. The molecule has 0 aromatic heterocycles. The standard InChI is InChI=1S/C9H8O4S2/c10-8(11)6-14-15-13-9(12)7-4-2-1-3-5-7/h1-5H,6H2,(H,10,11). The lowest BCUT2D eigenvalue weighted by atomic mass is 10.2. The third-order valence-electron chi connectivity index (χ3n) is 1.35. The number of hydrogen-bond acceptors (Lipinski definition) is 5. The van der Waals surface area contributed by atoms with E-state index in [4.69, 9.17) is 9.29 Å². The maximum Gasteiger partial charge on any atom is 0.350 e. The Labute approximate surface area is 94.6 Å². The Morgan fingerprint density at radius 3 is 2.53 bits per heavy atom. The predicted molar refractivity (Wildman–Crippen MR) is 59.5 cm³/mol. The average molecular weight is 244 g/mol. The Balaban J connectivity index is 2.28. The highest BCUT2D eigenvalue weighted by atomic mass is 33.1. The van der Waals surface area contributed by atoms with E-state index in [-0.39, 0.29) is 5.75 Å². The summed E-state index contributed by atoms with van der Waals surface area (Å²) in [5.41, 5.74) is 0.445. The van der Waals surface area contributed by atoms with Crippen molar-refractivity contribution < 1.29 is 18.9 Å². The predicted octanol–water partition coefficient (Wildman–Crippen LogP) is 2.22. The van der Waals surface area contributed by atoms with Gasteiger partial charge >= 0.3 is 11.9 Å². The van der Waals surface area contributed by atoms with E-state index in [1.54, 1.807) is 30.3 Å². The van der Waals surface area contributed by atoms with E-state index in [1.165, 1.54) is 0 Å². The number of carbonyl (C=O) groups excluding carboxylic acids is 1. The largest absolute Gasteiger partial charge is 0.481 e. The molecule has 1 aromatic carbocycles. The van der Waals surface area contributed by atoms with Gasteiger partial charge in [0.1, 0.15) is 16.8 Å². The van der Waals surface area contributed by atoms with Crippen LogP contribution in [0.5, 0.6) is 0 Å². The molecule has 1 N–H and O–H groups in total. The summed E-state index contributed by atoms with van der Waals surface area (Å²) in [6.45, 7) is 0. The first-order valence-electron chi connectivity index (χ1n) is 3.97. The van der Waals surface area contributed by atoms with Gasteiger partial charge in [0, 0.05) is 0 Å². The maximum atomic E-state index is 11.3. The van der Waals surface area contributed by atoms with Crippen LogP contribution in [-0.4, -0.2) is 22.8 Å². The molecule has 0 saturated carbocycles. The first-order valence-corrected chi connectivity index (χ1v) is 6.22. The second kappa shape index (κ2) is 6.36. The fraction of sp³-hybridized carbons (Fsp3) is 0.111. The molecule has 0 fully saturated rings. The minimum Gasteiger partial charge on any atom is -0.481 e. The zero-order chi connectivity index (χ0) is 11.1. The SMILES string of the molecule is O=C(O)CSSOC(=O)c1ccccc1. The quantitative estimate of drug-likeness (QED) is 0.487. The zero-order valence-corrected chi connectivity index (χ0v) is 9.22. The van der Waals surface area contributed by atoms with Crippen molar-refractivity contribution in [3.63, 3.8) is 0 Å². The second-order valence-electron chi connectivity index (χ2n) is 2.46. The molecule has 0 radical (unpaired) electrons. The summed E-state index contributed by atoms with van der Waals surface area (Å²) in [7, 11) is 0.958. The van der Waals surface area contributed by atoms with E-state index in [9.17, 15) is 9.59 Å². The first-order chi connectivity index (χ1) is 7.20. The molecule has 0 aliphatic rings. The molecule has 15 heavy (non-hydrogen) atoms. The third-order valence-corrected chi connectivity index (χ3v) is 2.88. The molecule has 0 saturated heterocycles. The lowest BCUT2D eigenvalue weighted by Crippen LogP contribution is -2.00. The van der Waals surface area contributed by atoms with E-state index >= 15 is 0 Å². The molecule has 0 atom stereocenters. The summed E-state index contributed by atoms with van der Waals surface area (Å²) < 4.78 is 4.76. The van der Waals surface area contributed by atoms with Crippen molar-refractivity contribution in [3.05, 3.63) is 35.9 Å². The summed E-state index contributed by atoms with van der Waals surface area (Å²) in [6.07, 6.45) is 0. The molecule has 0 aliphatic heterocycles. The topological polar surface area (TPSA) is 63.6 Å². The van der Waals surface area contributed by atoms with Crippen molar-refractivity contribution in [1.29, 1.82) is 0 Å². The highest BCUT2D eigenvalue weighted by Gasteiger charge is 2.07. The van der Waals surface area contributed by atoms with Gasteiger partial charge in [0.15, 0.2) is 0 Å². The van der Waals surface area contributed by atoms with Crippen molar-refractivity contribution >= 4 is 33.8 Å². The molecule has 0 spiro atoms. The number of carboxylic acids is 1. The van der Waals surface area contributed by atoms with Gasteiger partial charge in [-0.25, -0.2) is 4.79 Å². The van der Waals surface area contributed by atoms with Gasteiger partial charge in [-0.1, -0.05) is 18.2 Å². The van der Waals surface area contributed by atoms with Crippen LogP contribution < -0.4 is 0 Å². The average Bonchev–Trinajstić information content (AvgIpc) is 2.25. The van der Waals surface area contributed by atoms with Crippen LogP contribution in [0.3, 0.4) is 0 Å². The Hall–Kier alpha value is -1.14. The fourth-order valence-electron chi connectivity index (χ4n) is 0.752. The van der Waals surface area contributed by atoms with Crippen LogP contribution in [0.4, 0.5) is 0 Å². The fourth-order valence-corrected chi connectivity index (χ4v) is 1.88. The number of rotatable bonds is 5. The third kappa shape index (κ3) is 4.75. The number of benzene rings is 1. The van der Waals surface area contributed by atoms with Crippen molar-refractivity contribution in [1.82, 2.24) is 0 Å². The molecule has 1 aromatic rings. The van der Waals surface area contributed by atoms with Crippen LogP contribution in [0.15, 0.2) is 30.3 Å². The molecule has 6 heteroatoms. The summed E-state index contributed by atoms with van der Waals surface area (Å²) in [4.78, 5) is 21.4. The van der Waals surface area contributed by atoms with Gasteiger partial charge in [-0.15, -0.1) is 0 Å². The Bertz CT molecular complexity index is 339. The minimum atomic E-state index is -0.941. The van der Waals surface area contributed by atoms with Crippen molar-refractivity contribution in [3.8, 4) is 0 Å². The lowest BCUT2D eigenvalue weighted by Gasteiger charge is -2.00.